The summed E-state index contributed by atoms with van der Waals surface area (Å²) in [6.45, 7) is 11.7. The fraction of sp³-hybridized carbons (Fsp3) is 0.527. The third-order valence-electron chi connectivity index (χ3n) is 15.7. The summed E-state index contributed by atoms with van der Waals surface area (Å²) in [6, 6.07) is 12.7. The minimum Gasteiger partial charge on any atom is -0.507 e. The third-order valence-corrected chi connectivity index (χ3v) is 15.7. The maximum Gasteiger partial charge on any atom is 0.318 e. The van der Waals surface area contributed by atoms with Crippen molar-refractivity contribution in [3.63, 3.8) is 0 Å². The van der Waals surface area contributed by atoms with E-state index in [0.717, 1.165) is 74.6 Å². The number of anilines is 2. The quantitative estimate of drug-likeness (QED) is 0.0713. The molecule has 74 heavy (non-hydrogen) atoms. The van der Waals surface area contributed by atoms with Crippen molar-refractivity contribution in [1.29, 1.82) is 0 Å². The van der Waals surface area contributed by atoms with E-state index in [1.54, 1.807) is 35.2 Å². The molecule has 0 spiro atoms. The highest BCUT2D eigenvalue weighted by atomic mass is 16.5. The van der Waals surface area contributed by atoms with Gasteiger partial charge in [0, 0.05) is 104 Å². The number of phenols is 1. The molecule has 19 heteroatoms. The number of hydrogen-bond donors (Lipinski definition) is 6. The molecule has 9 rings (SSSR count). The Balaban J connectivity index is 0.748. The van der Waals surface area contributed by atoms with E-state index < -0.39 is 41.4 Å². The SMILES string of the molecule is C#Cc1ccc(CNC(=O)[C@@H]2C[C@@H](O)CN2C(=O)[C@@H](NC(=O)N2CCC(N3CCC(c4cnc(N5CCC6Nc7nnc(-c8ccccc8O)cc7C6[C@H]5C)nc4)CC3)CC2)C(C)(C)C)c(OCCCC(=O)O)c1. The summed E-state index contributed by atoms with van der Waals surface area (Å²) in [7, 11) is 0. The number of carboxylic acids is 1. The van der Waals surface area contributed by atoms with Crippen LogP contribution in [0.4, 0.5) is 16.6 Å². The van der Waals surface area contributed by atoms with Crippen molar-refractivity contribution >= 4 is 35.6 Å². The van der Waals surface area contributed by atoms with Crippen LogP contribution >= 0.6 is 0 Å². The Labute approximate surface area is 432 Å². The Morgan fingerprint density at radius 3 is 2.41 bits per heavy atom. The van der Waals surface area contributed by atoms with E-state index in [1.165, 1.54) is 4.90 Å². The normalized spacial score (nSPS) is 22.8. The fourth-order valence-corrected chi connectivity index (χ4v) is 11.6. The number of phenolic OH excluding ortho intramolecular Hbond substituents is 1. The molecule has 392 valence electrons. The van der Waals surface area contributed by atoms with Gasteiger partial charge in [0.15, 0.2) is 5.82 Å². The fourth-order valence-electron chi connectivity index (χ4n) is 11.6. The summed E-state index contributed by atoms with van der Waals surface area (Å²) >= 11 is 0. The minimum atomic E-state index is -0.971. The van der Waals surface area contributed by atoms with Gasteiger partial charge in [0.25, 0.3) is 0 Å². The predicted molar refractivity (Wildman–Crippen MR) is 277 cm³/mol. The first kappa shape index (κ1) is 51.8. The molecule has 2 aromatic carbocycles. The lowest BCUT2D eigenvalue weighted by Gasteiger charge is -2.42. The monoisotopic (exact) mass is 1010 g/mol. The number of carboxylic acid groups (broad SMARTS) is 1. The number of urea groups is 1. The molecule has 19 nitrogen and oxygen atoms in total. The average Bonchev–Trinajstić information content (AvgIpc) is 3.99. The van der Waals surface area contributed by atoms with Gasteiger partial charge in [-0.3, -0.25) is 14.4 Å². The van der Waals surface area contributed by atoms with Crippen LogP contribution in [0.2, 0.25) is 0 Å². The van der Waals surface area contributed by atoms with Crippen LogP contribution in [-0.4, -0.2) is 156 Å². The van der Waals surface area contributed by atoms with Gasteiger partial charge in [-0.05, 0) is 106 Å². The first-order valence-electron chi connectivity index (χ1n) is 26.1. The van der Waals surface area contributed by atoms with E-state index in [4.69, 9.17) is 26.2 Å². The second-order valence-electron chi connectivity index (χ2n) is 21.6. The maximum absolute atomic E-state index is 14.4. The molecule has 5 aliphatic heterocycles. The van der Waals surface area contributed by atoms with Crippen LogP contribution in [-0.2, 0) is 20.9 Å². The number of rotatable bonds is 14. The molecule has 2 unspecified atom stereocenters. The van der Waals surface area contributed by atoms with Crippen LogP contribution in [0.3, 0.4) is 0 Å². The highest BCUT2D eigenvalue weighted by Gasteiger charge is 2.46. The number of aromatic hydroxyl groups is 1. The smallest absolute Gasteiger partial charge is 0.318 e. The second-order valence-corrected chi connectivity index (χ2v) is 21.6. The molecule has 7 heterocycles. The predicted octanol–water partition coefficient (Wildman–Crippen LogP) is 5.09. The van der Waals surface area contributed by atoms with E-state index in [-0.39, 0.29) is 68.7 Å². The van der Waals surface area contributed by atoms with E-state index in [1.807, 2.05) is 45.3 Å². The summed E-state index contributed by atoms with van der Waals surface area (Å²) in [5.74, 6) is 3.34. The number of nitrogens with one attached hydrogen (secondary N) is 3. The topological polar surface area (TPSA) is 239 Å². The van der Waals surface area contributed by atoms with Gasteiger partial charge in [-0.1, -0.05) is 44.9 Å². The van der Waals surface area contributed by atoms with Gasteiger partial charge in [-0.2, -0.15) is 0 Å². The van der Waals surface area contributed by atoms with Gasteiger partial charge in [0.1, 0.15) is 23.6 Å². The largest absolute Gasteiger partial charge is 0.507 e. The number of nitrogens with zero attached hydrogens (tertiary/aromatic N) is 8. The molecule has 2 aromatic heterocycles. The number of β-amino-alcohol motifs (C(OH)–C–C–N with tert-alkyl or cyclic N) is 1. The summed E-state index contributed by atoms with van der Waals surface area (Å²) in [5.41, 5.74) is 4.01. The van der Waals surface area contributed by atoms with Gasteiger partial charge < -0.3 is 55.6 Å². The van der Waals surface area contributed by atoms with Gasteiger partial charge in [0.05, 0.1) is 18.4 Å². The number of piperidine rings is 3. The average molecular weight is 1010 g/mol. The van der Waals surface area contributed by atoms with Crippen molar-refractivity contribution in [1.82, 2.24) is 45.5 Å². The molecule has 4 saturated heterocycles. The number of amides is 4. The zero-order valence-corrected chi connectivity index (χ0v) is 42.7. The van der Waals surface area contributed by atoms with Crippen LogP contribution in [0.5, 0.6) is 11.5 Å². The van der Waals surface area contributed by atoms with Crippen molar-refractivity contribution in [3.8, 4) is 35.1 Å². The molecule has 0 radical (unpaired) electrons. The van der Waals surface area contributed by atoms with Crippen LogP contribution < -0.4 is 25.6 Å². The Morgan fingerprint density at radius 1 is 0.959 bits per heavy atom. The zero-order valence-electron chi connectivity index (χ0n) is 42.7. The van der Waals surface area contributed by atoms with Gasteiger partial charge in [-0.25, -0.2) is 14.8 Å². The number of benzene rings is 2. The molecule has 4 fully saturated rings. The van der Waals surface area contributed by atoms with Gasteiger partial charge >= 0.3 is 12.0 Å². The lowest BCUT2D eigenvalue weighted by Crippen LogP contribution is -2.60. The molecule has 4 amide bonds. The van der Waals surface area contributed by atoms with Crippen molar-refractivity contribution in [2.75, 3.05) is 56.1 Å². The maximum atomic E-state index is 14.4. The molecule has 0 bridgehead atoms. The number of hydrogen-bond acceptors (Lipinski definition) is 14. The van der Waals surface area contributed by atoms with Crippen LogP contribution in [0.1, 0.15) is 113 Å². The number of aliphatic carboxylic acids is 1. The molecule has 6 atom stereocenters. The minimum absolute atomic E-state index is 0.0392. The summed E-state index contributed by atoms with van der Waals surface area (Å²) in [4.78, 5) is 70.9. The number of likely N-dealkylation sites (tertiary alicyclic amines) is 3. The number of carbonyl (C=O) groups is 4. The Hall–Kier alpha value is -7.04. The molecule has 0 saturated carbocycles. The highest BCUT2D eigenvalue weighted by Crippen LogP contribution is 2.45. The summed E-state index contributed by atoms with van der Waals surface area (Å²) < 4.78 is 5.85. The number of carbonyl (C=O) groups excluding carboxylic acids is 3. The first-order valence-corrected chi connectivity index (χ1v) is 26.1. The van der Waals surface area contributed by atoms with Crippen LogP contribution in [0.25, 0.3) is 11.3 Å². The molecule has 4 aromatic rings. The third kappa shape index (κ3) is 11.4. The van der Waals surface area contributed by atoms with Crippen molar-refractivity contribution in [2.45, 2.75) is 134 Å². The Morgan fingerprint density at radius 2 is 1.70 bits per heavy atom. The second kappa shape index (κ2) is 22.2. The zero-order chi connectivity index (χ0) is 52.3. The molecule has 6 N–H and O–H groups in total. The lowest BCUT2D eigenvalue weighted by atomic mass is 9.83. The molecular formula is C55H69N11O8. The van der Waals surface area contributed by atoms with E-state index in [0.29, 0.717) is 53.2 Å². The molecule has 0 aliphatic carbocycles. The van der Waals surface area contributed by atoms with Crippen LogP contribution in [0.15, 0.2) is 60.9 Å². The van der Waals surface area contributed by atoms with E-state index in [9.17, 15) is 29.4 Å². The van der Waals surface area contributed by atoms with E-state index >= 15 is 0 Å². The van der Waals surface area contributed by atoms with Gasteiger partial charge in [-0.15, -0.1) is 16.6 Å². The van der Waals surface area contributed by atoms with Gasteiger partial charge in [0.2, 0.25) is 17.8 Å². The van der Waals surface area contributed by atoms with Crippen LogP contribution in [0, 0.1) is 17.8 Å². The van der Waals surface area contributed by atoms with Crippen molar-refractivity contribution in [2.24, 2.45) is 5.41 Å². The molecule has 5 aliphatic rings. The summed E-state index contributed by atoms with van der Waals surface area (Å²) in [5, 5.41) is 48.7. The Bertz CT molecular complexity index is 2730. The summed E-state index contributed by atoms with van der Waals surface area (Å²) in [6.07, 6.45) is 13.4. The lowest BCUT2D eigenvalue weighted by molar-refractivity contribution is -0.142. The standard InChI is InChI=1S/C55H69N11O8/c1-6-34-13-14-36(46(26-34)74-25-9-12-47(69)70)29-56-51(71)44-27-39(67)32-66(44)52(72)49(55(3,4)5)60-54(73)64-22-17-38(18-23-64)63-20-15-35(16-21-63)37-30-57-53(58-31-37)65-24-19-42-48(33(65)2)41-28-43(61-62-50(41)59-42)40-10-7-8-11-45(40)68/h1,7-8,10-11,13-14,26,28,30-31,33,35,38-39,42,44,48-49,67-68H,9,12,15-25,27,29,32H2,2-5H3,(H,56,71)(H,59,62)(H,60,73)(H,69,70)/t33-,39-,42?,44+,48?,49-/m1/s1. The number of terminal acetylenes is 1. The number of aliphatic hydroxyl groups excluding tert-OH is 1. The Kier molecular flexibility index (Phi) is 15.6. The number of ether oxygens (including phenoxy) is 1. The number of aromatic nitrogens is 4. The first-order chi connectivity index (χ1) is 35.6. The van der Waals surface area contributed by atoms with Crippen molar-refractivity contribution < 1.29 is 39.2 Å². The number of para-hydroxylation sites is 1. The van der Waals surface area contributed by atoms with Crippen molar-refractivity contribution in [3.05, 3.63) is 83.2 Å². The van der Waals surface area contributed by atoms with E-state index in [2.05, 4.69) is 54.9 Å². The number of aliphatic hydroxyl groups is 1. The number of fused-ring (bicyclic) bond motifs is 3. The molecular weight excluding hydrogens is 943 g/mol. The highest BCUT2D eigenvalue weighted by molar-refractivity contribution is 5.93.